The first-order chi connectivity index (χ1) is 16.1. The third-order valence-corrected chi connectivity index (χ3v) is 6.85. The zero-order chi connectivity index (χ0) is 24.9. The maximum atomic E-state index is 12.8. The molecule has 0 atom stereocenters. The second-order valence-corrected chi connectivity index (χ2v) is 9.59. The number of nitro groups is 1. The molecule has 0 aliphatic carbocycles. The molecule has 0 bridgehead atoms. The number of rotatable bonds is 8. The van der Waals surface area contributed by atoms with Gasteiger partial charge >= 0.3 is 0 Å². The lowest BCUT2D eigenvalue weighted by molar-refractivity contribution is -0.385. The number of carbonyl (C=O) groups excluding carboxylic acids is 2. The summed E-state index contributed by atoms with van der Waals surface area (Å²) in [7, 11) is -4.05. The molecule has 0 unspecified atom stereocenters. The largest absolute Gasteiger partial charge is 0.355 e. The predicted octanol–water partition coefficient (Wildman–Crippen LogP) is 1.60. The second kappa shape index (κ2) is 10.6. The van der Waals surface area contributed by atoms with Gasteiger partial charge < -0.3 is 10.2 Å². The van der Waals surface area contributed by atoms with Gasteiger partial charge in [-0.3, -0.25) is 29.3 Å². The Kier molecular flexibility index (Phi) is 7.84. The first kappa shape index (κ1) is 25.1. The van der Waals surface area contributed by atoms with Gasteiger partial charge in [0.1, 0.15) is 0 Å². The van der Waals surface area contributed by atoms with Crippen LogP contribution in [0, 0.1) is 17.0 Å². The van der Waals surface area contributed by atoms with Crippen LogP contribution in [0.2, 0.25) is 0 Å². The second-order valence-electron chi connectivity index (χ2n) is 7.91. The van der Waals surface area contributed by atoms with Crippen LogP contribution in [0.15, 0.2) is 47.4 Å². The third kappa shape index (κ3) is 6.08. The quantitative estimate of drug-likeness (QED) is 0.424. The fourth-order valence-corrected chi connectivity index (χ4v) is 4.67. The minimum atomic E-state index is -4.05. The summed E-state index contributed by atoms with van der Waals surface area (Å²) in [6, 6.07) is 9.69. The average molecular weight is 490 g/mol. The number of anilines is 1. The number of hydrogen-bond acceptors (Lipinski definition) is 7. The monoisotopic (exact) mass is 489 g/mol. The summed E-state index contributed by atoms with van der Waals surface area (Å²) in [6.45, 7) is 6.41. The van der Waals surface area contributed by atoms with Crippen molar-refractivity contribution in [3.05, 3.63) is 63.7 Å². The number of benzene rings is 2. The Balaban J connectivity index is 1.62. The lowest BCUT2D eigenvalue weighted by Crippen LogP contribution is -2.51. The molecular formula is C22H27N5O6S. The first-order valence-corrected chi connectivity index (χ1v) is 12.3. The van der Waals surface area contributed by atoms with Crippen molar-refractivity contribution in [2.45, 2.75) is 18.7 Å². The van der Waals surface area contributed by atoms with Crippen LogP contribution >= 0.6 is 0 Å². The van der Waals surface area contributed by atoms with Gasteiger partial charge in [-0.05, 0) is 44.2 Å². The molecule has 11 nitrogen and oxygen atoms in total. The van der Waals surface area contributed by atoms with Crippen LogP contribution in [0.1, 0.15) is 22.8 Å². The number of aryl methyl sites for hydroxylation is 1. The minimum absolute atomic E-state index is 0.0411. The molecule has 3 rings (SSSR count). The zero-order valence-corrected chi connectivity index (χ0v) is 19.8. The Labute approximate surface area is 197 Å². The number of amides is 2. The van der Waals surface area contributed by atoms with E-state index in [0.717, 1.165) is 6.07 Å². The molecular weight excluding hydrogens is 462 g/mol. The predicted molar refractivity (Wildman–Crippen MR) is 126 cm³/mol. The number of likely N-dealkylation sites (N-methyl/N-ethyl adjacent to an activating group) is 1. The van der Waals surface area contributed by atoms with Crippen molar-refractivity contribution in [3.63, 3.8) is 0 Å². The van der Waals surface area contributed by atoms with Crippen LogP contribution in [0.5, 0.6) is 0 Å². The number of piperazine rings is 1. The molecule has 2 amide bonds. The van der Waals surface area contributed by atoms with Gasteiger partial charge in [0, 0.05) is 55.6 Å². The van der Waals surface area contributed by atoms with Crippen LogP contribution in [0.25, 0.3) is 0 Å². The Bertz CT molecular complexity index is 1170. The molecule has 12 heteroatoms. The van der Waals surface area contributed by atoms with E-state index >= 15 is 0 Å². The van der Waals surface area contributed by atoms with Gasteiger partial charge in [-0.15, -0.1) is 0 Å². The molecule has 0 radical (unpaired) electrons. The van der Waals surface area contributed by atoms with Crippen molar-refractivity contribution >= 4 is 33.2 Å². The lowest BCUT2D eigenvalue weighted by Gasteiger charge is -2.34. The third-order valence-electron chi connectivity index (χ3n) is 5.47. The van der Waals surface area contributed by atoms with Gasteiger partial charge in [0.05, 0.1) is 16.4 Å². The van der Waals surface area contributed by atoms with Crippen LogP contribution in [0.3, 0.4) is 0 Å². The number of sulfonamides is 1. The van der Waals surface area contributed by atoms with Crippen molar-refractivity contribution in [3.8, 4) is 0 Å². The summed E-state index contributed by atoms with van der Waals surface area (Å²) in [4.78, 5) is 38.5. The molecule has 182 valence electrons. The van der Waals surface area contributed by atoms with E-state index < -0.39 is 14.9 Å². The van der Waals surface area contributed by atoms with Crippen LogP contribution < -0.4 is 10.0 Å². The molecule has 1 aliphatic rings. The smallest absolute Gasteiger partial charge is 0.273 e. The highest BCUT2D eigenvalue weighted by Crippen LogP contribution is 2.24. The molecule has 34 heavy (non-hydrogen) atoms. The highest BCUT2D eigenvalue weighted by Gasteiger charge is 2.24. The van der Waals surface area contributed by atoms with E-state index in [1.165, 1.54) is 43.3 Å². The minimum Gasteiger partial charge on any atom is -0.355 e. The van der Waals surface area contributed by atoms with E-state index in [1.807, 2.05) is 11.8 Å². The molecule has 1 aliphatic heterocycles. The Morgan fingerprint density at radius 2 is 1.71 bits per heavy atom. The van der Waals surface area contributed by atoms with Gasteiger partial charge in [-0.25, -0.2) is 8.42 Å². The molecule has 1 saturated heterocycles. The van der Waals surface area contributed by atoms with Gasteiger partial charge in [0.25, 0.3) is 21.6 Å². The van der Waals surface area contributed by atoms with E-state index in [0.29, 0.717) is 50.4 Å². The molecule has 1 heterocycles. The number of nitro benzene ring substituents is 1. The van der Waals surface area contributed by atoms with E-state index in [4.69, 9.17) is 0 Å². The van der Waals surface area contributed by atoms with Crippen LogP contribution in [-0.2, 0) is 14.8 Å². The molecule has 2 aromatic carbocycles. The summed E-state index contributed by atoms with van der Waals surface area (Å²) in [5, 5.41) is 13.9. The number of nitrogens with one attached hydrogen (secondary N) is 2. The zero-order valence-electron chi connectivity index (χ0n) is 19.0. The summed E-state index contributed by atoms with van der Waals surface area (Å²) < 4.78 is 27.7. The van der Waals surface area contributed by atoms with Crippen molar-refractivity contribution in [2.75, 3.05) is 44.0 Å². The fourth-order valence-electron chi connectivity index (χ4n) is 3.60. The van der Waals surface area contributed by atoms with E-state index in [-0.39, 0.29) is 28.1 Å². The van der Waals surface area contributed by atoms with Crippen molar-refractivity contribution in [2.24, 2.45) is 0 Å². The summed E-state index contributed by atoms with van der Waals surface area (Å²) in [5.74, 6) is -0.221. The first-order valence-electron chi connectivity index (χ1n) is 10.8. The number of carbonyl (C=O) groups is 2. The van der Waals surface area contributed by atoms with Gasteiger partial charge in [0.15, 0.2) is 0 Å². The topological polar surface area (TPSA) is 142 Å². The van der Waals surface area contributed by atoms with Crippen molar-refractivity contribution in [1.29, 1.82) is 0 Å². The summed E-state index contributed by atoms with van der Waals surface area (Å²) >= 11 is 0. The van der Waals surface area contributed by atoms with Gasteiger partial charge in [-0.1, -0.05) is 6.07 Å². The summed E-state index contributed by atoms with van der Waals surface area (Å²) in [5.41, 5.74) is 0.712. The molecule has 0 saturated carbocycles. The molecule has 1 fully saturated rings. The highest BCUT2D eigenvalue weighted by molar-refractivity contribution is 7.92. The highest BCUT2D eigenvalue weighted by atomic mass is 32.2. The summed E-state index contributed by atoms with van der Waals surface area (Å²) in [6.07, 6.45) is 0. The van der Waals surface area contributed by atoms with E-state index in [1.54, 1.807) is 4.90 Å². The Morgan fingerprint density at radius 1 is 1.06 bits per heavy atom. The van der Waals surface area contributed by atoms with E-state index in [9.17, 15) is 28.1 Å². The van der Waals surface area contributed by atoms with Crippen LogP contribution in [-0.4, -0.2) is 74.2 Å². The standard InChI is InChI=1S/C22H27N5O6S/c1-3-23-21(28)15-25-10-12-26(13-11-25)22(29)17-5-7-18(8-6-17)24-34(32,33)19-9-4-16(2)20(14-19)27(30)31/h4-9,14,24H,3,10-13,15H2,1-2H3,(H,23,28). The molecule has 2 aromatic rings. The average Bonchev–Trinajstić information content (AvgIpc) is 2.79. The van der Waals surface area contributed by atoms with Gasteiger partial charge in [0.2, 0.25) is 5.91 Å². The fraction of sp³-hybridized carbons (Fsp3) is 0.364. The molecule has 2 N–H and O–H groups in total. The maximum absolute atomic E-state index is 12.8. The molecule has 0 spiro atoms. The van der Waals surface area contributed by atoms with Crippen LogP contribution in [0.4, 0.5) is 11.4 Å². The number of hydrogen-bond donors (Lipinski definition) is 2. The number of nitrogens with zero attached hydrogens (tertiary/aromatic N) is 3. The molecule has 0 aromatic heterocycles. The van der Waals surface area contributed by atoms with Crippen molar-refractivity contribution < 1.29 is 22.9 Å². The van der Waals surface area contributed by atoms with Gasteiger partial charge in [-0.2, -0.15) is 0 Å². The Morgan fingerprint density at radius 3 is 2.29 bits per heavy atom. The SMILES string of the molecule is CCNC(=O)CN1CCN(C(=O)c2ccc(NS(=O)(=O)c3ccc(C)c([N+](=O)[O-])c3)cc2)CC1. The van der Waals surface area contributed by atoms with E-state index in [2.05, 4.69) is 10.0 Å². The lowest BCUT2D eigenvalue weighted by atomic mass is 10.1. The normalized spacial score (nSPS) is 14.5. The Hall–Kier alpha value is -3.51. The maximum Gasteiger partial charge on any atom is 0.273 e. The van der Waals surface area contributed by atoms with Crippen molar-refractivity contribution in [1.82, 2.24) is 15.1 Å².